The van der Waals surface area contributed by atoms with Crippen LogP contribution < -0.4 is 0 Å². The number of nitrogens with zero attached hydrogens (tertiary/aromatic N) is 4. The standard InChI is InChI=1S/C14H11BrN4O2/c15-10-3-1-9(2-4-10)7-11(14(20)21)12-13-18-17-8-19(13)6-5-16-12/h1-6,8,11H,7H2,(H,20,21). The lowest BCUT2D eigenvalue weighted by Gasteiger charge is -2.12. The highest BCUT2D eigenvalue weighted by atomic mass is 79.9. The van der Waals surface area contributed by atoms with Crippen molar-refractivity contribution < 1.29 is 9.90 Å². The number of carboxylic acid groups (broad SMARTS) is 1. The summed E-state index contributed by atoms with van der Waals surface area (Å²) in [5.41, 5.74) is 1.82. The molecule has 1 unspecified atom stereocenters. The van der Waals surface area contributed by atoms with E-state index in [-0.39, 0.29) is 0 Å². The van der Waals surface area contributed by atoms with Gasteiger partial charge in [0, 0.05) is 16.9 Å². The van der Waals surface area contributed by atoms with E-state index in [4.69, 9.17) is 0 Å². The number of carboxylic acids is 1. The summed E-state index contributed by atoms with van der Waals surface area (Å²) >= 11 is 3.36. The van der Waals surface area contributed by atoms with Crippen LogP contribution in [0.4, 0.5) is 0 Å². The normalized spacial score (nSPS) is 12.4. The molecule has 106 valence electrons. The van der Waals surface area contributed by atoms with Crippen molar-refractivity contribution in [1.29, 1.82) is 0 Å². The molecule has 2 aromatic heterocycles. The van der Waals surface area contributed by atoms with Crippen LogP contribution >= 0.6 is 15.9 Å². The molecule has 0 amide bonds. The van der Waals surface area contributed by atoms with Gasteiger partial charge in [0.05, 0.1) is 0 Å². The molecule has 0 spiro atoms. The number of hydrogen-bond donors (Lipinski definition) is 1. The van der Waals surface area contributed by atoms with E-state index in [9.17, 15) is 9.90 Å². The van der Waals surface area contributed by atoms with Gasteiger partial charge < -0.3 is 5.11 Å². The third kappa shape index (κ3) is 2.78. The number of rotatable bonds is 4. The molecule has 0 saturated carbocycles. The first kappa shape index (κ1) is 13.7. The number of aliphatic carboxylic acids is 1. The Morgan fingerprint density at radius 1 is 1.33 bits per heavy atom. The minimum atomic E-state index is -0.929. The Morgan fingerprint density at radius 3 is 2.81 bits per heavy atom. The van der Waals surface area contributed by atoms with Gasteiger partial charge in [0.1, 0.15) is 17.9 Å². The number of aromatic nitrogens is 4. The first-order valence-electron chi connectivity index (χ1n) is 6.26. The summed E-state index contributed by atoms with van der Waals surface area (Å²) in [5, 5.41) is 17.3. The average molecular weight is 347 g/mol. The molecule has 0 aliphatic carbocycles. The van der Waals surface area contributed by atoms with Crippen molar-refractivity contribution in [2.45, 2.75) is 12.3 Å². The molecule has 0 saturated heterocycles. The fourth-order valence-electron chi connectivity index (χ4n) is 2.18. The van der Waals surface area contributed by atoms with E-state index in [0.29, 0.717) is 17.8 Å². The molecule has 6 nitrogen and oxygen atoms in total. The van der Waals surface area contributed by atoms with E-state index >= 15 is 0 Å². The molecule has 3 rings (SSSR count). The van der Waals surface area contributed by atoms with E-state index in [1.54, 1.807) is 16.8 Å². The molecular formula is C14H11BrN4O2. The molecule has 0 aliphatic rings. The van der Waals surface area contributed by atoms with Gasteiger partial charge in [-0.05, 0) is 24.1 Å². The summed E-state index contributed by atoms with van der Waals surface area (Å²) in [5.74, 6) is -1.69. The van der Waals surface area contributed by atoms with Gasteiger partial charge in [0.2, 0.25) is 0 Å². The van der Waals surface area contributed by atoms with Gasteiger partial charge >= 0.3 is 5.97 Å². The van der Waals surface area contributed by atoms with E-state index in [0.717, 1.165) is 10.0 Å². The second kappa shape index (κ2) is 5.61. The summed E-state index contributed by atoms with van der Waals surface area (Å²) in [6, 6.07) is 7.56. The van der Waals surface area contributed by atoms with Crippen LogP contribution in [0, 0.1) is 0 Å². The number of carbonyl (C=O) groups is 1. The molecule has 0 bridgehead atoms. The molecule has 7 heteroatoms. The summed E-state index contributed by atoms with van der Waals surface area (Å²) in [6.07, 6.45) is 5.13. The molecular weight excluding hydrogens is 336 g/mol. The highest BCUT2D eigenvalue weighted by Gasteiger charge is 2.25. The van der Waals surface area contributed by atoms with Crippen LogP contribution in [0.15, 0.2) is 47.5 Å². The highest BCUT2D eigenvalue weighted by molar-refractivity contribution is 9.10. The first-order valence-corrected chi connectivity index (χ1v) is 7.06. The lowest BCUT2D eigenvalue weighted by atomic mass is 9.96. The molecule has 0 fully saturated rings. The quantitative estimate of drug-likeness (QED) is 0.783. The zero-order valence-electron chi connectivity index (χ0n) is 10.8. The van der Waals surface area contributed by atoms with Crippen molar-refractivity contribution in [3.8, 4) is 0 Å². The maximum absolute atomic E-state index is 11.6. The van der Waals surface area contributed by atoms with Crippen molar-refractivity contribution in [1.82, 2.24) is 19.6 Å². The lowest BCUT2D eigenvalue weighted by molar-refractivity contribution is -0.138. The first-order chi connectivity index (χ1) is 10.1. The second-order valence-corrected chi connectivity index (χ2v) is 5.51. The molecule has 2 heterocycles. The van der Waals surface area contributed by atoms with Crippen LogP contribution in [-0.4, -0.2) is 30.7 Å². The van der Waals surface area contributed by atoms with Gasteiger partial charge in [0.15, 0.2) is 5.65 Å². The fraction of sp³-hybridized carbons (Fsp3) is 0.143. The molecule has 21 heavy (non-hydrogen) atoms. The van der Waals surface area contributed by atoms with Crippen LogP contribution in [0.1, 0.15) is 17.2 Å². The van der Waals surface area contributed by atoms with Crippen molar-refractivity contribution in [2.75, 3.05) is 0 Å². The Bertz CT molecular complexity index is 785. The van der Waals surface area contributed by atoms with E-state index < -0.39 is 11.9 Å². The number of benzene rings is 1. The summed E-state index contributed by atoms with van der Waals surface area (Å²) in [7, 11) is 0. The Balaban J connectivity index is 2.00. The third-order valence-electron chi connectivity index (χ3n) is 3.22. The molecule has 3 aromatic rings. The summed E-state index contributed by atoms with van der Waals surface area (Å²) in [4.78, 5) is 15.8. The number of hydrogen-bond acceptors (Lipinski definition) is 4. The Labute approximate surface area is 128 Å². The minimum Gasteiger partial charge on any atom is -0.481 e. The maximum atomic E-state index is 11.6. The van der Waals surface area contributed by atoms with Gasteiger partial charge in [-0.15, -0.1) is 10.2 Å². The van der Waals surface area contributed by atoms with Crippen molar-refractivity contribution in [3.63, 3.8) is 0 Å². The van der Waals surface area contributed by atoms with E-state index in [2.05, 4.69) is 31.1 Å². The Kier molecular flexibility index (Phi) is 3.66. The largest absolute Gasteiger partial charge is 0.481 e. The predicted molar refractivity (Wildman–Crippen MR) is 79.0 cm³/mol. The van der Waals surface area contributed by atoms with E-state index in [1.165, 1.54) is 6.33 Å². The van der Waals surface area contributed by atoms with Crippen LogP contribution in [0.25, 0.3) is 5.65 Å². The topological polar surface area (TPSA) is 80.4 Å². The minimum absolute atomic E-state index is 0.349. The van der Waals surface area contributed by atoms with E-state index in [1.807, 2.05) is 24.3 Å². The number of halogens is 1. The lowest BCUT2D eigenvalue weighted by Crippen LogP contribution is -2.17. The molecule has 0 aliphatic heterocycles. The smallest absolute Gasteiger partial charge is 0.313 e. The average Bonchev–Trinajstić information content (AvgIpc) is 2.95. The van der Waals surface area contributed by atoms with Crippen LogP contribution in [-0.2, 0) is 11.2 Å². The summed E-state index contributed by atoms with van der Waals surface area (Å²) < 4.78 is 2.62. The highest BCUT2D eigenvalue weighted by Crippen LogP contribution is 2.23. The zero-order valence-corrected chi connectivity index (χ0v) is 12.4. The third-order valence-corrected chi connectivity index (χ3v) is 3.75. The van der Waals surface area contributed by atoms with Gasteiger partial charge in [-0.2, -0.15) is 0 Å². The molecule has 1 N–H and O–H groups in total. The zero-order chi connectivity index (χ0) is 14.8. The van der Waals surface area contributed by atoms with Crippen molar-refractivity contribution >= 4 is 27.5 Å². The Hall–Kier alpha value is -2.28. The van der Waals surface area contributed by atoms with Gasteiger partial charge in [-0.25, -0.2) is 0 Å². The molecule has 1 aromatic carbocycles. The van der Waals surface area contributed by atoms with Crippen LogP contribution in [0.2, 0.25) is 0 Å². The SMILES string of the molecule is O=C(O)C(Cc1ccc(Br)cc1)c1nccn2cnnc12. The van der Waals surface area contributed by atoms with Gasteiger partial charge in [0.25, 0.3) is 0 Å². The van der Waals surface area contributed by atoms with Crippen molar-refractivity contribution in [3.05, 3.63) is 58.7 Å². The van der Waals surface area contributed by atoms with Gasteiger partial charge in [-0.1, -0.05) is 28.1 Å². The summed E-state index contributed by atoms with van der Waals surface area (Å²) in [6.45, 7) is 0. The van der Waals surface area contributed by atoms with Crippen LogP contribution in [0.3, 0.4) is 0 Å². The van der Waals surface area contributed by atoms with Gasteiger partial charge in [-0.3, -0.25) is 14.2 Å². The Morgan fingerprint density at radius 2 is 2.10 bits per heavy atom. The fourth-order valence-corrected chi connectivity index (χ4v) is 2.45. The van der Waals surface area contributed by atoms with Crippen molar-refractivity contribution in [2.24, 2.45) is 0 Å². The number of fused-ring (bicyclic) bond motifs is 1. The predicted octanol–water partition coefficient (Wildman–Crippen LogP) is 2.30. The van der Waals surface area contributed by atoms with Crippen LogP contribution in [0.5, 0.6) is 0 Å². The maximum Gasteiger partial charge on any atom is 0.313 e. The second-order valence-electron chi connectivity index (χ2n) is 4.60. The molecule has 1 atom stereocenters. The molecule has 0 radical (unpaired) electrons. The monoisotopic (exact) mass is 346 g/mol.